The van der Waals surface area contributed by atoms with E-state index in [-0.39, 0.29) is 11.3 Å². The van der Waals surface area contributed by atoms with Crippen LogP contribution in [0.15, 0.2) is 35.1 Å². The molecule has 1 aromatic heterocycles. The topological polar surface area (TPSA) is 92.4 Å². The Labute approximate surface area is 125 Å². The molecular weight excluding hydrogens is 318 g/mol. The van der Waals surface area contributed by atoms with Crippen molar-refractivity contribution in [2.45, 2.75) is 18.3 Å². The van der Waals surface area contributed by atoms with Crippen molar-refractivity contribution in [1.82, 2.24) is 9.88 Å². The molecule has 0 aliphatic carbocycles. The van der Waals surface area contributed by atoms with Crippen molar-refractivity contribution in [1.29, 1.82) is 0 Å². The molecule has 9 heteroatoms. The van der Waals surface area contributed by atoms with E-state index < -0.39 is 39.6 Å². The Bertz CT molecular complexity index is 745. The number of hydrogen-bond acceptors (Lipinski definition) is 5. The van der Waals surface area contributed by atoms with Gasteiger partial charge in [-0.1, -0.05) is 11.2 Å². The Kier molecular flexibility index (Phi) is 4.59. The first-order valence-corrected chi connectivity index (χ1v) is 7.89. The van der Waals surface area contributed by atoms with E-state index in [1.807, 2.05) is 0 Å². The summed E-state index contributed by atoms with van der Waals surface area (Å²) in [5.74, 6) is -2.18. The van der Waals surface area contributed by atoms with Crippen LogP contribution in [-0.4, -0.2) is 25.2 Å². The fourth-order valence-corrected chi connectivity index (χ4v) is 2.97. The highest BCUT2D eigenvalue weighted by Crippen LogP contribution is 2.23. The molecule has 2 aromatic rings. The molecule has 0 spiro atoms. The van der Waals surface area contributed by atoms with Crippen LogP contribution in [-0.2, 0) is 21.4 Å². The fraction of sp³-hybridized carbons (Fsp3) is 0.308. The van der Waals surface area contributed by atoms with Crippen molar-refractivity contribution in [3.63, 3.8) is 0 Å². The molecule has 120 valence electrons. The average Bonchev–Trinajstić information content (AvgIpc) is 2.88. The molecule has 0 saturated carbocycles. The minimum atomic E-state index is -3.80. The van der Waals surface area contributed by atoms with Crippen molar-refractivity contribution in [2.24, 2.45) is 0 Å². The summed E-state index contributed by atoms with van der Waals surface area (Å²) in [6, 6.07) is 4.05. The molecule has 1 heterocycles. The normalized spacial score (nSPS) is 14.7. The van der Waals surface area contributed by atoms with Gasteiger partial charge in [0.05, 0.1) is 5.69 Å². The lowest BCUT2D eigenvalue weighted by Crippen LogP contribution is -2.39. The van der Waals surface area contributed by atoms with Crippen LogP contribution in [0.25, 0.3) is 0 Å². The van der Waals surface area contributed by atoms with Crippen molar-refractivity contribution in [2.75, 3.05) is 6.54 Å². The van der Waals surface area contributed by atoms with E-state index in [1.54, 1.807) is 0 Å². The Morgan fingerprint density at radius 3 is 2.68 bits per heavy atom. The second kappa shape index (κ2) is 6.11. The first-order valence-electron chi connectivity index (χ1n) is 6.24. The van der Waals surface area contributed by atoms with Crippen LogP contribution in [0.3, 0.4) is 0 Å². The maximum Gasteiger partial charge on any atom is 0.217 e. The molecule has 0 unspecified atom stereocenters. The maximum absolute atomic E-state index is 13.7. The van der Waals surface area contributed by atoms with Gasteiger partial charge in [0.1, 0.15) is 29.3 Å². The Hall–Kier alpha value is -1.84. The molecule has 2 rings (SSSR count). The van der Waals surface area contributed by atoms with Crippen LogP contribution in [0.4, 0.5) is 8.78 Å². The standard InChI is InChI=1S/C13H14F2N2O4S/c1-13(18,11-3-2-9(14)6-12(11)15)8-16-22(19,20)7-10-4-5-21-17-10/h2-6,16,18H,7-8H2,1H3/t13-/m1/s1. The van der Waals surface area contributed by atoms with Crippen LogP contribution in [0.5, 0.6) is 0 Å². The number of aromatic nitrogens is 1. The number of benzene rings is 1. The van der Waals surface area contributed by atoms with E-state index in [9.17, 15) is 22.3 Å². The van der Waals surface area contributed by atoms with Crippen molar-refractivity contribution < 1.29 is 26.8 Å². The molecule has 0 aliphatic rings. The average molecular weight is 332 g/mol. The highest BCUT2D eigenvalue weighted by Gasteiger charge is 2.29. The molecule has 2 N–H and O–H groups in total. The predicted molar refractivity (Wildman–Crippen MR) is 73.1 cm³/mol. The van der Waals surface area contributed by atoms with Crippen molar-refractivity contribution in [3.05, 3.63) is 53.4 Å². The predicted octanol–water partition coefficient (Wildman–Crippen LogP) is 1.28. The van der Waals surface area contributed by atoms with Crippen LogP contribution in [0, 0.1) is 11.6 Å². The summed E-state index contributed by atoms with van der Waals surface area (Å²) in [6.07, 6.45) is 1.23. The summed E-state index contributed by atoms with van der Waals surface area (Å²) >= 11 is 0. The molecule has 0 radical (unpaired) electrons. The fourth-order valence-electron chi connectivity index (χ4n) is 1.83. The minimum absolute atomic E-state index is 0.195. The number of hydrogen-bond donors (Lipinski definition) is 2. The van der Waals surface area contributed by atoms with Gasteiger partial charge in [-0.3, -0.25) is 0 Å². The van der Waals surface area contributed by atoms with Gasteiger partial charge in [0.15, 0.2) is 0 Å². The van der Waals surface area contributed by atoms with Crippen LogP contribution < -0.4 is 4.72 Å². The molecular formula is C13H14F2N2O4S. The summed E-state index contributed by atoms with van der Waals surface area (Å²) in [5, 5.41) is 13.7. The smallest absolute Gasteiger partial charge is 0.217 e. The van der Waals surface area contributed by atoms with Gasteiger partial charge in [0, 0.05) is 24.2 Å². The van der Waals surface area contributed by atoms with Crippen LogP contribution in [0.1, 0.15) is 18.2 Å². The number of sulfonamides is 1. The van der Waals surface area contributed by atoms with E-state index in [4.69, 9.17) is 0 Å². The second-order valence-electron chi connectivity index (χ2n) is 4.97. The first kappa shape index (κ1) is 16.5. The summed E-state index contributed by atoms with van der Waals surface area (Å²) < 4.78 is 56.9. The van der Waals surface area contributed by atoms with E-state index in [1.165, 1.54) is 19.3 Å². The molecule has 22 heavy (non-hydrogen) atoms. The summed E-state index contributed by atoms with van der Waals surface area (Å²) in [4.78, 5) is 0. The van der Waals surface area contributed by atoms with Gasteiger partial charge in [0.2, 0.25) is 10.0 Å². The molecule has 6 nitrogen and oxygen atoms in total. The molecule has 0 fully saturated rings. The summed E-state index contributed by atoms with van der Waals surface area (Å²) in [6.45, 7) is 0.748. The van der Waals surface area contributed by atoms with Crippen LogP contribution in [0.2, 0.25) is 0 Å². The third kappa shape index (κ3) is 4.09. The highest BCUT2D eigenvalue weighted by molar-refractivity contribution is 7.88. The lowest BCUT2D eigenvalue weighted by Gasteiger charge is -2.24. The molecule has 0 aliphatic heterocycles. The van der Waals surface area contributed by atoms with E-state index in [0.29, 0.717) is 6.07 Å². The van der Waals surface area contributed by atoms with Gasteiger partial charge < -0.3 is 9.63 Å². The van der Waals surface area contributed by atoms with E-state index in [2.05, 4.69) is 14.4 Å². The number of nitrogens with one attached hydrogen (secondary N) is 1. The molecule has 1 atom stereocenters. The highest BCUT2D eigenvalue weighted by atomic mass is 32.2. The Morgan fingerprint density at radius 2 is 2.09 bits per heavy atom. The maximum atomic E-state index is 13.7. The number of nitrogens with zero attached hydrogens (tertiary/aromatic N) is 1. The SMILES string of the molecule is C[C@@](O)(CNS(=O)(=O)Cc1ccon1)c1ccc(F)cc1F. The zero-order valence-electron chi connectivity index (χ0n) is 11.6. The Morgan fingerprint density at radius 1 is 1.36 bits per heavy atom. The van der Waals surface area contributed by atoms with Gasteiger partial charge in [0.25, 0.3) is 0 Å². The van der Waals surface area contributed by atoms with Gasteiger partial charge in [-0.2, -0.15) is 0 Å². The van der Waals surface area contributed by atoms with Crippen molar-refractivity contribution in [3.8, 4) is 0 Å². The third-order valence-corrected chi connectivity index (χ3v) is 4.24. The van der Waals surface area contributed by atoms with Gasteiger partial charge in [-0.15, -0.1) is 0 Å². The summed E-state index contributed by atoms with van der Waals surface area (Å²) in [5.41, 5.74) is -1.85. The van der Waals surface area contributed by atoms with Crippen molar-refractivity contribution >= 4 is 10.0 Å². The zero-order chi connectivity index (χ0) is 16.4. The van der Waals surface area contributed by atoms with Crippen LogP contribution >= 0.6 is 0 Å². The lowest BCUT2D eigenvalue weighted by molar-refractivity contribution is 0.0588. The van der Waals surface area contributed by atoms with Gasteiger partial charge >= 0.3 is 0 Å². The largest absolute Gasteiger partial charge is 0.384 e. The monoisotopic (exact) mass is 332 g/mol. The molecule has 1 aromatic carbocycles. The number of halogens is 2. The molecule has 0 bridgehead atoms. The number of rotatable bonds is 6. The number of aliphatic hydroxyl groups is 1. The second-order valence-corrected chi connectivity index (χ2v) is 6.78. The summed E-state index contributed by atoms with van der Waals surface area (Å²) in [7, 11) is -3.80. The van der Waals surface area contributed by atoms with E-state index in [0.717, 1.165) is 12.1 Å². The van der Waals surface area contributed by atoms with E-state index >= 15 is 0 Å². The quantitative estimate of drug-likeness (QED) is 0.831. The minimum Gasteiger partial charge on any atom is -0.384 e. The first-order chi connectivity index (χ1) is 10.2. The lowest BCUT2D eigenvalue weighted by atomic mass is 9.96. The molecule has 0 saturated heterocycles. The van der Waals surface area contributed by atoms with Gasteiger partial charge in [-0.05, 0) is 13.0 Å². The van der Waals surface area contributed by atoms with Gasteiger partial charge in [-0.25, -0.2) is 21.9 Å². The zero-order valence-corrected chi connectivity index (χ0v) is 12.4. The Balaban J connectivity index is 2.08. The molecule has 0 amide bonds. The third-order valence-electron chi connectivity index (χ3n) is 2.98.